The van der Waals surface area contributed by atoms with Gasteiger partial charge in [0.05, 0.1) is 13.7 Å². The number of piperidine rings is 1. The molecular formula is C27H30N2O4. The van der Waals surface area contributed by atoms with Crippen molar-refractivity contribution in [2.24, 2.45) is 5.92 Å². The summed E-state index contributed by atoms with van der Waals surface area (Å²) in [6.45, 7) is 4.08. The number of carbonyl (C=O) groups excluding carboxylic acids is 2. The summed E-state index contributed by atoms with van der Waals surface area (Å²) in [5.41, 5.74) is 1.67. The summed E-state index contributed by atoms with van der Waals surface area (Å²) >= 11 is 0. The minimum absolute atomic E-state index is 0.0279. The molecule has 0 bridgehead atoms. The van der Waals surface area contributed by atoms with Crippen LogP contribution in [0.5, 0.6) is 11.5 Å². The first-order chi connectivity index (χ1) is 16.1. The standard InChI is InChI=1S/C27H30N2O4/c1-3-33-24-12-11-19(17-25(24)32-2)18-28-26(30)21-13-15-29(16-14-21)27(31)23-10-6-8-20-7-4-5-9-22(20)23/h4-12,17,21H,3,13-16,18H2,1-2H3,(H,28,30). The highest BCUT2D eigenvalue weighted by Crippen LogP contribution is 2.28. The molecule has 1 N–H and O–H groups in total. The second-order valence-electron chi connectivity index (χ2n) is 8.23. The summed E-state index contributed by atoms with van der Waals surface area (Å²) in [7, 11) is 1.60. The molecule has 3 aromatic rings. The van der Waals surface area contributed by atoms with E-state index in [0.29, 0.717) is 50.6 Å². The number of methoxy groups -OCH3 is 1. The van der Waals surface area contributed by atoms with Gasteiger partial charge in [0, 0.05) is 31.1 Å². The van der Waals surface area contributed by atoms with Crippen molar-refractivity contribution in [2.75, 3.05) is 26.8 Å². The van der Waals surface area contributed by atoms with Gasteiger partial charge in [0.25, 0.3) is 5.91 Å². The number of benzene rings is 3. The third kappa shape index (κ3) is 5.11. The number of nitrogens with one attached hydrogen (secondary N) is 1. The molecule has 1 heterocycles. The first-order valence-corrected chi connectivity index (χ1v) is 11.4. The largest absolute Gasteiger partial charge is 0.493 e. The molecule has 3 aromatic carbocycles. The minimum Gasteiger partial charge on any atom is -0.493 e. The lowest BCUT2D eigenvalue weighted by molar-refractivity contribution is -0.126. The van der Waals surface area contributed by atoms with Crippen molar-refractivity contribution >= 4 is 22.6 Å². The third-order valence-corrected chi connectivity index (χ3v) is 6.17. The van der Waals surface area contributed by atoms with Gasteiger partial charge in [-0.15, -0.1) is 0 Å². The fourth-order valence-corrected chi connectivity index (χ4v) is 4.36. The lowest BCUT2D eigenvalue weighted by atomic mass is 9.94. The summed E-state index contributed by atoms with van der Waals surface area (Å²) in [5, 5.41) is 5.06. The van der Waals surface area contributed by atoms with E-state index in [1.165, 1.54) is 0 Å². The van der Waals surface area contributed by atoms with E-state index >= 15 is 0 Å². The number of rotatable bonds is 7. The first-order valence-electron chi connectivity index (χ1n) is 11.4. The Balaban J connectivity index is 1.32. The van der Waals surface area contributed by atoms with Crippen LogP contribution in [0.15, 0.2) is 60.7 Å². The second kappa shape index (κ2) is 10.4. The molecule has 6 nitrogen and oxygen atoms in total. The zero-order valence-corrected chi connectivity index (χ0v) is 19.2. The molecular weight excluding hydrogens is 416 g/mol. The van der Waals surface area contributed by atoms with Crippen LogP contribution in [0.4, 0.5) is 0 Å². The van der Waals surface area contributed by atoms with Gasteiger partial charge in [-0.25, -0.2) is 0 Å². The maximum atomic E-state index is 13.1. The number of carbonyl (C=O) groups is 2. The van der Waals surface area contributed by atoms with Crippen molar-refractivity contribution in [1.29, 1.82) is 0 Å². The maximum absolute atomic E-state index is 13.1. The first kappa shape index (κ1) is 22.6. The highest BCUT2D eigenvalue weighted by molar-refractivity contribution is 6.07. The Morgan fingerprint density at radius 2 is 1.76 bits per heavy atom. The molecule has 0 atom stereocenters. The monoisotopic (exact) mass is 446 g/mol. The number of amides is 2. The van der Waals surface area contributed by atoms with Crippen LogP contribution in [0.2, 0.25) is 0 Å². The van der Waals surface area contributed by atoms with Crippen molar-refractivity contribution in [3.63, 3.8) is 0 Å². The smallest absolute Gasteiger partial charge is 0.254 e. The summed E-state index contributed by atoms with van der Waals surface area (Å²) < 4.78 is 10.9. The molecule has 4 rings (SSSR count). The van der Waals surface area contributed by atoms with Crippen LogP contribution in [0.3, 0.4) is 0 Å². The molecule has 0 aliphatic carbocycles. The average Bonchev–Trinajstić information content (AvgIpc) is 2.87. The van der Waals surface area contributed by atoms with Crippen molar-refractivity contribution in [3.8, 4) is 11.5 Å². The van der Waals surface area contributed by atoms with Crippen LogP contribution in [0, 0.1) is 5.92 Å². The quantitative estimate of drug-likeness (QED) is 0.584. The Hall–Kier alpha value is -3.54. The molecule has 0 spiro atoms. The second-order valence-corrected chi connectivity index (χ2v) is 8.23. The Kier molecular flexibility index (Phi) is 7.13. The number of fused-ring (bicyclic) bond motifs is 1. The van der Waals surface area contributed by atoms with E-state index in [4.69, 9.17) is 9.47 Å². The van der Waals surface area contributed by atoms with E-state index in [1.807, 2.05) is 72.5 Å². The number of hydrogen-bond acceptors (Lipinski definition) is 4. The molecule has 6 heteroatoms. The fraction of sp³-hybridized carbons (Fsp3) is 0.333. The van der Waals surface area contributed by atoms with Crippen LogP contribution in [-0.4, -0.2) is 43.5 Å². The summed E-state index contributed by atoms with van der Waals surface area (Å²) in [6.07, 6.45) is 1.32. The molecule has 1 aliphatic rings. The Bertz CT molecular complexity index is 1130. The Morgan fingerprint density at radius 3 is 2.52 bits per heavy atom. The van der Waals surface area contributed by atoms with Crippen molar-refractivity contribution in [3.05, 3.63) is 71.8 Å². The molecule has 1 aliphatic heterocycles. The van der Waals surface area contributed by atoms with Gasteiger partial charge in [-0.2, -0.15) is 0 Å². The molecule has 0 aromatic heterocycles. The summed E-state index contributed by atoms with van der Waals surface area (Å²) in [6, 6.07) is 19.4. The van der Waals surface area contributed by atoms with E-state index in [1.54, 1.807) is 7.11 Å². The van der Waals surface area contributed by atoms with Gasteiger partial charge >= 0.3 is 0 Å². The fourth-order valence-electron chi connectivity index (χ4n) is 4.36. The van der Waals surface area contributed by atoms with E-state index in [9.17, 15) is 9.59 Å². The average molecular weight is 447 g/mol. The lowest BCUT2D eigenvalue weighted by Gasteiger charge is -2.31. The van der Waals surface area contributed by atoms with Crippen LogP contribution in [0.1, 0.15) is 35.7 Å². The number of nitrogens with zero attached hydrogens (tertiary/aromatic N) is 1. The van der Waals surface area contributed by atoms with Gasteiger partial charge in [-0.05, 0) is 54.3 Å². The lowest BCUT2D eigenvalue weighted by Crippen LogP contribution is -2.43. The summed E-state index contributed by atoms with van der Waals surface area (Å²) in [5.74, 6) is 1.32. The van der Waals surface area contributed by atoms with Crippen LogP contribution < -0.4 is 14.8 Å². The predicted molar refractivity (Wildman–Crippen MR) is 129 cm³/mol. The maximum Gasteiger partial charge on any atom is 0.254 e. The third-order valence-electron chi connectivity index (χ3n) is 6.17. The molecule has 2 amide bonds. The molecule has 0 unspecified atom stereocenters. The van der Waals surface area contributed by atoms with Gasteiger partial charge in [-0.3, -0.25) is 9.59 Å². The van der Waals surface area contributed by atoms with Gasteiger partial charge in [0.15, 0.2) is 11.5 Å². The van der Waals surface area contributed by atoms with Gasteiger partial charge in [0.1, 0.15) is 0 Å². The molecule has 1 fully saturated rings. The summed E-state index contributed by atoms with van der Waals surface area (Å²) in [4.78, 5) is 27.7. The molecule has 0 radical (unpaired) electrons. The van der Waals surface area contributed by atoms with Gasteiger partial charge in [0.2, 0.25) is 5.91 Å². The van der Waals surface area contributed by atoms with Crippen LogP contribution >= 0.6 is 0 Å². The molecule has 0 saturated carbocycles. The molecule has 172 valence electrons. The normalized spacial score (nSPS) is 14.2. The van der Waals surface area contributed by atoms with Gasteiger partial charge < -0.3 is 19.7 Å². The number of ether oxygens (including phenoxy) is 2. The SMILES string of the molecule is CCOc1ccc(CNC(=O)C2CCN(C(=O)c3cccc4ccccc34)CC2)cc1OC. The molecule has 33 heavy (non-hydrogen) atoms. The minimum atomic E-state index is -0.0915. The van der Waals surface area contributed by atoms with Crippen LogP contribution in [0.25, 0.3) is 10.8 Å². The van der Waals surface area contributed by atoms with Crippen molar-refractivity contribution < 1.29 is 19.1 Å². The Morgan fingerprint density at radius 1 is 1.00 bits per heavy atom. The number of likely N-dealkylation sites (tertiary alicyclic amines) is 1. The van der Waals surface area contributed by atoms with E-state index in [0.717, 1.165) is 21.9 Å². The zero-order chi connectivity index (χ0) is 23.2. The highest BCUT2D eigenvalue weighted by atomic mass is 16.5. The van der Waals surface area contributed by atoms with Crippen molar-refractivity contribution in [2.45, 2.75) is 26.3 Å². The topological polar surface area (TPSA) is 67.9 Å². The molecule has 1 saturated heterocycles. The predicted octanol–water partition coefficient (Wildman–Crippen LogP) is 4.42. The van der Waals surface area contributed by atoms with E-state index < -0.39 is 0 Å². The Labute approximate surface area is 194 Å². The van der Waals surface area contributed by atoms with Crippen molar-refractivity contribution in [1.82, 2.24) is 10.2 Å². The van der Waals surface area contributed by atoms with E-state index in [2.05, 4.69) is 5.32 Å². The van der Waals surface area contributed by atoms with Crippen LogP contribution in [-0.2, 0) is 11.3 Å². The number of hydrogen-bond donors (Lipinski definition) is 1. The van der Waals surface area contributed by atoms with Gasteiger partial charge in [-0.1, -0.05) is 42.5 Å². The van der Waals surface area contributed by atoms with E-state index in [-0.39, 0.29) is 17.7 Å². The zero-order valence-electron chi connectivity index (χ0n) is 19.2. The highest BCUT2D eigenvalue weighted by Gasteiger charge is 2.28.